The highest BCUT2D eigenvalue weighted by Crippen LogP contribution is 2.20. The van der Waals surface area contributed by atoms with Gasteiger partial charge < -0.3 is 15.7 Å². The van der Waals surface area contributed by atoms with E-state index in [1.165, 1.54) is 6.33 Å². The van der Waals surface area contributed by atoms with Crippen LogP contribution in [0.2, 0.25) is 0 Å². The Balaban J connectivity index is 2.44. The summed E-state index contributed by atoms with van der Waals surface area (Å²) in [6.45, 7) is 6.83. The van der Waals surface area contributed by atoms with Crippen LogP contribution in [0.4, 0.5) is 11.6 Å². The minimum absolute atomic E-state index is 0.128. The zero-order chi connectivity index (χ0) is 12.9. The van der Waals surface area contributed by atoms with Crippen LogP contribution in [-0.4, -0.2) is 34.8 Å². The molecule has 1 atom stereocenters. The van der Waals surface area contributed by atoms with E-state index in [0.29, 0.717) is 6.54 Å². The van der Waals surface area contributed by atoms with Crippen molar-refractivity contribution in [3.05, 3.63) is 12.4 Å². The minimum Gasteiger partial charge on any atom is -0.391 e. The summed E-state index contributed by atoms with van der Waals surface area (Å²) in [5, 5.41) is 15.9. The number of nitrogens with one attached hydrogen (secondary N) is 2. The molecule has 0 aliphatic rings. The lowest BCUT2D eigenvalue weighted by molar-refractivity contribution is 0.132. The van der Waals surface area contributed by atoms with Crippen LogP contribution in [0.1, 0.15) is 27.2 Å². The quantitative estimate of drug-likeness (QED) is 0.728. The van der Waals surface area contributed by atoms with E-state index in [1.807, 2.05) is 6.07 Å². The second-order valence-electron chi connectivity index (χ2n) is 5.34. The van der Waals surface area contributed by atoms with Gasteiger partial charge in [-0.2, -0.15) is 0 Å². The zero-order valence-corrected chi connectivity index (χ0v) is 11.0. The Morgan fingerprint density at radius 1 is 1.29 bits per heavy atom. The fourth-order valence-electron chi connectivity index (χ4n) is 1.59. The van der Waals surface area contributed by atoms with Crippen LogP contribution in [0, 0.1) is 5.41 Å². The van der Waals surface area contributed by atoms with Gasteiger partial charge in [0.1, 0.15) is 18.0 Å². The van der Waals surface area contributed by atoms with Crippen molar-refractivity contribution in [3.8, 4) is 0 Å². The molecule has 0 aromatic carbocycles. The molecular weight excluding hydrogens is 216 g/mol. The Morgan fingerprint density at radius 2 is 1.94 bits per heavy atom. The Morgan fingerprint density at radius 3 is 2.53 bits per heavy atom. The van der Waals surface area contributed by atoms with Crippen LogP contribution in [0.3, 0.4) is 0 Å². The molecule has 0 saturated heterocycles. The van der Waals surface area contributed by atoms with Crippen molar-refractivity contribution >= 4 is 11.6 Å². The summed E-state index contributed by atoms with van der Waals surface area (Å²) in [5.74, 6) is 1.48. The Labute approximate surface area is 103 Å². The largest absolute Gasteiger partial charge is 0.391 e. The molecule has 3 N–H and O–H groups in total. The average Bonchev–Trinajstić information content (AvgIpc) is 2.24. The average molecular weight is 238 g/mol. The van der Waals surface area contributed by atoms with Crippen LogP contribution in [-0.2, 0) is 0 Å². The second kappa shape index (κ2) is 5.82. The predicted molar refractivity (Wildman–Crippen MR) is 70.1 cm³/mol. The number of hydrogen-bond acceptors (Lipinski definition) is 5. The van der Waals surface area contributed by atoms with Gasteiger partial charge >= 0.3 is 0 Å². The molecule has 96 valence electrons. The maximum absolute atomic E-state index is 9.85. The normalized spacial score (nSPS) is 13.2. The summed E-state index contributed by atoms with van der Waals surface area (Å²) in [5.41, 5.74) is 0.128. The summed E-state index contributed by atoms with van der Waals surface area (Å²) >= 11 is 0. The van der Waals surface area contributed by atoms with E-state index in [2.05, 4.69) is 41.4 Å². The summed E-state index contributed by atoms with van der Waals surface area (Å²) in [4.78, 5) is 8.10. The maximum atomic E-state index is 9.85. The van der Waals surface area contributed by atoms with Gasteiger partial charge in [0.05, 0.1) is 6.10 Å². The van der Waals surface area contributed by atoms with Gasteiger partial charge in [-0.15, -0.1) is 0 Å². The van der Waals surface area contributed by atoms with E-state index >= 15 is 0 Å². The fraction of sp³-hybridized carbons (Fsp3) is 0.667. The number of aliphatic hydroxyl groups excluding tert-OH is 1. The predicted octanol–water partition coefficient (Wildman–Crippen LogP) is 1.73. The van der Waals surface area contributed by atoms with Crippen LogP contribution in [0.5, 0.6) is 0 Å². The molecule has 0 fully saturated rings. The van der Waals surface area contributed by atoms with Crippen molar-refractivity contribution < 1.29 is 5.11 Å². The Kier molecular flexibility index (Phi) is 4.69. The summed E-state index contributed by atoms with van der Waals surface area (Å²) in [7, 11) is 1.81. The third-order valence-electron chi connectivity index (χ3n) is 2.29. The van der Waals surface area contributed by atoms with E-state index < -0.39 is 0 Å². The van der Waals surface area contributed by atoms with Gasteiger partial charge in [-0.25, -0.2) is 9.97 Å². The van der Waals surface area contributed by atoms with E-state index in [-0.39, 0.29) is 11.5 Å². The van der Waals surface area contributed by atoms with Crippen molar-refractivity contribution in [1.82, 2.24) is 9.97 Å². The van der Waals surface area contributed by atoms with Crippen LogP contribution in [0.25, 0.3) is 0 Å². The van der Waals surface area contributed by atoms with Gasteiger partial charge in [0.2, 0.25) is 0 Å². The van der Waals surface area contributed by atoms with Gasteiger partial charge in [-0.3, -0.25) is 0 Å². The molecule has 0 aliphatic heterocycles. The highest BCUT2D eigenvalue weighted by atomic mass is 16.3. The third-order valence-corrected chi connectivity index (χ3v) is 2.29. The molecular formula is C12H22N4O. The molecule has 0 radical (unpaired) electrons. The molecule has 5 nitrogen and oxygen atoms in total. The molecule has 1 rings (SSSR count). The van der Waals surface area contributed by atoms with Crippen molar-refractivity contribution in [2.75, 3.05) is 24.2 Å². The molecule has 1 aromatic rings. The SMILES string of the molecule is CNc1cc(NCC(O)CC(C)(C)C)ncn1. The lowest BCUT2D eigenvalue weighted by atomic mass is 9.89. The first-order valence-corrected chi connectivity index (χ1v) is 5.82. The zero-order valence-electron chi connectivity index (χ0n) is 11.0. The lowest BCUT2D eigenvalue weighted by Gasteiger charge is -2.22. The van der Waals surface area contributed by atoms with Gasteiger partial charge in [0.25, 0.3) is 0 Å². The first kappa shape index (κ1) is 13.7. The van der Waals surface area contributed by atoms with E-state index in [1.54, 1.807) is 7.05 Å². The summed E-state index contributed by atoms with van der Waals surface area (Å²) < 4.78 is 0. The highest BCUT2D eigenvalue weighted by Gasteiger charge is 2.16. The molecule has 0 amide bonds. The molecule has 0 aliphatic carbocycles. The smallest absolute Gasteiger partial charge is 0.131 e. The number of anilines is 2. The van der Waals surface area contributed by atoms with Crippen molar-refractivity contribution in [2.24, 2.45) is 5.41 Å². The number of aromatic nitrogens is 2. The number of nitrogens with zero attached hydrogens (tertiary/aromatic N) is 2. The topological polar surface area (TPSA) is 70.1 Å². The third kappa shape index (κ3) is 5.49. The number of rotatable bonds is 5. The molecule has 0 spiro atoms. The van der Waals surface area contributed by atoms with E-state index in [0.717, 1.165) is 18.1 Å². The van der Waals surface area contributed by atoms with Gasteiger partial charge in [-0.05, 0) is 11.8 Å². The van der Waals surface area contributed by atoms with Crippen LogP contribution >= 0.6 is 0 Å². The van der Waals surface area contributed by atoms with Gasteiger partial charge in [0.15, 0.2) is 0 Å². The standard InChI is InChI=1S/C12H22N4O/c1-12(2,3)6-9(17)7-14-11-5-10(13-4)15-8-16-11/h5,8-9,17H,6-7H2,1-4H3,(H2,13,14,15,16). The number of aliphatic hydroxyl groups is 1. The van der Waals surface area contributed by atoms with E-state index in [4.69, 9.17) is 0 Å². The Bertz CT molecular complexity index is 349. The molecule has 0 bridgehead atoms. The first-order chi connectivity index (χ1) is 7.90. The monoisotopic (exact) mass is 238 g/mol. The summed E-state index contributed by atoms with van der Waals surface area (Å²) in [6.07, 6.45) is 1.87. The van der Waals surface area contributed by atoms with Crippen LogP contribution < -0.4 is 10.6 Å². The molecule has 5 heteroatoms. The highest BCUT2D eigenvalue weighted by molar-refractivity contribution is 5.45. The molecule has 1 aromatic heterocycles. The van der Waals surface area contributed by atoms with Crippen molar-refractivity contribution in [1.29, 1.82) is 0 Å². The maximum Gasteiger partial charge on any atom is 0.131 e. The summed E-state index contributed by atoms with van der Waals surface area (Å²) in [6, 6.07) is 1.81. The van der Waals surface area contributed by atoms with E-state index in [9.17, 15) is 5.11 Å². The second-order valence-corrected chi connectivity index (χ2v) is 5.34. The molecule has 17 heavy (non-hydrogen) atoms. The van der Waals surface area contributed by atoms with Gasteiger partial charge in [0, 0.05) is 19.7 Å². The van der Waals surface area contributed by atoms with Crippen molar-refractivity contribution in [3.63, 3.8) is 0 Å². The van der Waals surface area contributed by atoms with Crippen molar-refractivity contribution in [2.45, 2.75) is 33.3 Å². The fourth-order valence-corrected chi connectivity index (χ4v) is 1.59. The Hall–Kier alpha value is -1.36. The van der Waals surface area contributed by atoms with Crippen LogP contribution in [0.15, 0.2) is 12.4 Å². The first-order valence-electron chi connectivity index (χ1n) is 5.82. The molecule has 0 saturated carbocycles. The minimum atomic E-state index is -0.372. The lowest BCUT2D eigenvalue weighted by Crippen LogP contribution is -2.25. The molecule has 1 unspecified atom stereocenters. The molecule has 1 heterocycles. The van der Waals surface area contributed by atoms with Gasteiger partial charge in [-0.1, -0.05) is 20.8 Å². The number of hydrogen-bond donors (Lipinski definition) is 3.